The van der Waals surface area contributed by atoms with Crippen molar-refractivity contribution in [2.24, 2.45) is 0 Å². The summed E-state index contributed by atoms with van der Waals surface area (Å²) in [4.78, 5) is 13.8. The van der Waals surface area contributed by atoms with E-state index in [2.05, 4.69) is 131 Å². The van der Waals surface area contributed by atoms with Crippen LogP contribution in [0.1, 0.15) is 111 Å². The third-order valence-electron chi connectivity index (χ3n) is 11.9. The molecule has 0 spiro atoms. The largest absolute Gasteiger partial charge is 0.374 e. The van der Waals surface area contributed by atoms with Crippen LogP contribution >= 0.6 is 0 Å². The van der Waals surface area contributed by atoms with Crippen LogP contribution < -0.4 is 5.32 Å². The Balaban J connectivity index is -0.000000271. The van der Waals surface area contributed by atoms with Gasteiger partial charge in [-0.25, -0.2) is 0 Å². The first-order chi connectivity index (χ1) is 38.8. The molecule has 0 radical (unpaired) electrons. The van der Waals surface area contributed by atoms with E-state index >= 15 is 0 Å². The van der Waals surface area contributed by atoms with Crippen LogP contribution in [0.2, 0.25) is 0 Å². The molecule has 5 unspecified atom stereocenters. The van der Waals surface area contributed by atoms with Crippen molar-refractivity contribution in [3.63, 3.8) is 0 Å². The highest BCUT2D eigenvalue weighted by atomic mass is 16.8. The highest BCUT2D eigenvalue weighted by molar-refractivity contribution is 5.94. The van der Waals surface area contributed by atoms with E-state index in [1.165, 1.54) is 0 Å². The number of hydrogen-bond donors (Lipinski definition) is 1. The van der Waals surface area contributed by atoms with Crippen molar-refractivity contribution < 1.29 is 71.2 Å². The fourth-order valence-corrected chi connectivity index (χ4v) is 8.35. The Hall–Kier alpha value is -8.37. The van der Waals surface area contributed by atoms with Crippen LogP contribution in [-0.4, -0.2) is 73.9 Å². The van der Waals surface area contributed by atoms with Crippen molar-refractivity contribution in [1.29, 1.82) is 0 Å². The molecule has 4 aromatic rings. The van der Waals surface area contributed by atoms with Gasteiger partial charge in [-0.1, -0.05) is 160 Å². The first-order valence-corrected chi connectivity index (χ1v) is 26.3. The fourth-order valence-electron chi connectivity index (χ4n) is 8.35. The highest BCUT2D eigenvalue weighted by Gasteiger charge is 2.51. The molecule has 4 aromatic carbocycles. The Labute approximate surface area is 497 Å². The van der Waals surface area contributed by atoms with Crippen LogP contribution in [0.5, 0.6) is 0 Å². The molecule has 2 saturated heterocycles. The minimum Gasteiger partial charge on any atom is -0.374 e. The molecular weight excluding hydrogens is 987 g/mol. The quantitative estimate of drug-likeness (QED) is 0.0574. The molecule has 1 amide bonds. The Bertz CT molecular complexity index is 3300. The molecular formula is C69H103NO9. The lowest BCUT2D eigenvalue weighted by atomic mass is 9.97. The molecule has 10 heteroatoms. The molecule has 6 rings (SSSR count). The summed E-state index contributed by atoms with van der Waals surface area (Å²) in [7, 11) is 0. The molecule has 1 N–H and O–H groups in total. The molecule has 438 valence electrons. The second-order valence-electron chi connectivity index (χ2n) is 18.4. The van der Waals surface area contributed by atoms with E-state index in [4.69, 9.17) is 37.9 Å². The van der Waals surface area contributed by atoms with Gasteiger partial charge in [-0.05, 0) is 144 Å². The average Bonchev–Trinajstić information content (AvgIpc) is 1.56. The molecule has 0 aliphatic carbocycles. The average molecular weight is 1090 g/mol. The summed E-state index contributed by atoms with van der Waals surface area (Å²) in [5.41, 5.74) is 3.89. The number of hydrogen-bond acceptors (Lipinski definition) is 9. The van der Waals surface area contributed by atoms with E-state index in [0.29, 0.717) is 13.0 Å². The first kappa shape index (κ1) is 59.9. The van der Waals surface area contributed by atoms with E-state index in [9.17, 15) is 4.79 Å². The minimum atomic E-state index is -1.06. The van der Waals surface area contributed by atoms with Crippen molar-refractivity contribution >= 4 is 5.91 Å². The first-order valence-electron chi connectivity index (χ1n) is 26.3. The van der Waals surface area contributed by atoms with Crippen molar-refractivity contribution in [3.05, 3.63) is 144 Å². The lowest BCUT2D eigenvalue weighted by molar-refractivity contribution is -0.329. The van der Waals surface area contributed by atoms with Crippen LogP contribution in [0.4, 0.5) is 0 Å². The van der Waals surface area contributed by atoms with Gasteiger partial charge in [0.1, 0.15) is 30.5 Å². The zero-order valence-electron chi connectivity index (χ0n) is 45.1. The van der Waals surface area contributed by atoms with Gasteiger partial charge in [0.25, 0.3) is 5.91 Å². The Morgan fingerprint density at radius 2 is 0.975 bits per heavy atom. The van der Waals surface area contributed by atoms with Gasteiger partial charge in [-0.2, -0.15) is 0 Å². The van der Waals surface area contributed by atoms with Crippen LogP contribution in [-0.2, 0) is 69.1 Å². The summed E-state index contributed by atoms with van der Waals surface area (Å²) < 4.78 is 54.2. The van der Waals surface area contributed by atoms with E-state index in [1.807, 2.05) is 135 Å². The fraction of sp³-hybridized carbons (Fsp3) is 0.348. The van der Waals surface area contributed by atoms with Crippen molar-refractivity contribution in [1.82, 2.24) is 5.32 Å². The molecule has 2 heterocycles. The lowest BCUT2D eigenvalue weighted by Crippen LogP contribution is -2.62. The van der Waals surface area contributed by atoms with Crippen molar-refractivity contribution in [2.75, 3.05) is 13.2 Å². The number of benzene rings is 4. The van der Waals surface area contributed by atoms with Crippen molar-refractivity contribution in [3.8, 4) is 118 Å². The Morgan fingerprint density at radius 1 is 0.532 bits per heavy atom. The van der Waals surface area contributed by atoms with Crippen molar-refractivity contribution in [2.45, 2.75) is 141 Å². The summed E-state index contributed by atoms with van der Waals surface area (Å²) in [5, 5.41) is 3.07. The number of carbonyl (C=O) groups is 1. The summed E-state index contributed by atoms with van der Waals surface area (Å²) in [6.45, 7) is 8.72. The molecule has 0 bridgehead atoms. The van der Waals surface area contributed by atoms with Gasteiger partial charge in [0, 0.05) is 46.3 Å². The van der Waals surface area contributed by atoms with Gasteiger partial charge in [0.15, 0.2) is 12.1 Å². The third kappa shape index (κ3) is 22.6. The van der Waals surface area contributed by atoms with E-state index < -0.39 is 54.5 Å². The second-order valence-corrected chi connectivity index (χ2v) is 18.4. The maximum atomic E-state index is 13.8. The SMILES string of the molecule is CC#CC#CC#CC#CC#CC#CC#CC#CC#CC#CC(=O)N[C@@H](COC1OC(COCc2ccccc2)C(OCc2ccccc2)C(OCc2ccccc2)C1OCc1ccccc1)[C@@H]1OC(C)(C)O[C@H]1CCCCCC.[HH].[HH].[HH].[HH].[HH].[HH].[HH].[HH].[HH].[HH].[HH].[HH].[HH].[HH].[HH].[HH].[HH].[HH].[HH].[HH]. The van der Waals surface area contributed by atoms with Gasteiger partial charge < -0.3 is 43.2 Å². The van der Waals surface area contributed by atoms with Gasteiger partial charge in [0.2, 0.25) is 0 Å². The van der Waals surface area contributed by atoms with Gasteiger partial charge in [-0.3, -0.25) is 4.79 Å². The standard InChI is InChI=1S/C69H63NO9.20H2/c1-5-7-9-11-12-13-14-15-16-17-18-19-20-21-22-23-24-25-39-49-63(71)70-60(64-61(48-38-10-8-6-2)78-69(3,4)79-64)54-76-68-67(75-53-59-46-36-29-37-47-59)66(74-52-58-44-34-28-35-45-58)65(73-51-57-42-32-27-33-43-57)62(77-68)55-72-50-56-40-30-26-31-41-56;;;;;;;;;;;;;;;;;;;;/h26-37,40-47,60-62,64-68H,6,8,10,38,48,50-55H2,1-4H3,(H,70,71);20*1H/t60-,61-,62?,64-,65?,66?,67?,68?;;;;;;;;;;;;;;;;;;;;/m0..................../s1. The normalized spacial score (nSPS) is 19.3. The zero-order valence-corrected chi connectivity index (χ0v) is 45.1. The molecule has 10 nitrogen and oxygen atoms in total. The number of amides is 1. The topological polar surface area (TPSA) is 103 Å². The third-order valence-corrected chi connectivity index (χ3v) is 11.9. The van der Waals surface area contributed by atoms with Gasteiger partial charge >= 0.3 is 0 Å². The molecule has 0 aromatic heterocycles. The number of unbranched alkanes of at least 4 members (excludes halogenated alkanes) is 3. The van der Waals surface area contributed by atoms with Gasteiger partial charge in [-0.15, -0.1) is 0 Å². The highest BCUT2D eigenvalue weighted by Crippen LogP contribution is 2.35. The van der Waals surface area contributed by atoms with Crippen LogP contribution in [0.3, 0.4) is 0 Å². The monoisotopic (exact) mass is 1090 g/mol. The maximum Gasteiger partial charge on any atom is 0.297 e. The summed E-state index contributed by atoms with van der Waals surface area (Å²) in [6, 6.07) is 38.9. The number of carbonyl (C=O) groups excluding carboxylic acids is 1. The molecule has 8 atom stereocenters. The minimum absolute atomic E-state index is 0. The number of rotatable bonds is 23. The summed E-state index contributed by atoms with van der Waals surface area (Å²) in [5.74, 6) is 49.9. The molecule has 0 saturated carbocycles. The predicted molar refractivity (Wildman–Crippen MR) is 346 cm³/mol. The van der Waals surface area contributed by atoms with Crippen LogP contribution in [0, 0.1) is 118 Å². The maximum absolute atomic E-state index is 13.8. The molecule has 2 aliphatic heterocycles. The van der Waals surface area contributed by atoms with E-state index in [0.717, 1.165) is 47.9 Å². The zero-order chi connectivity index (χ0) is 55.4. The number of nitrogens with one attached hydrogen (secondary N) is 1. The summed E-state index contributed by atoms with van der Waals surface area (Å²) >= 11 is 0. The smallest absolute Gasteiger partial charge is 0.297 e. The molecule has 2 fully saturated rings. The Kier molecular flexibility index (Phi) is 26.6. The van der Waals surface area contributed by atoms with Crippen LogP contribution in [0.15, 0.2) is 121 Å². The van der Waals surface area contributed by atoms with Crippen LogP contribution in [0.25, 0.3) is 0 Å². The predicted octanol–water partition coefficient (Wildman–Crippen LogP) is 13.7. The van der Waals surface area contributed by atoms with Gasteiger partial charge in [0.05, 0.1) is 51.8 Å². The van der Waals surface area contributed by atoms with E-state index in [-0.39, 0.29) is 67.7 Å². The second kappa shape index (κ2) is 35.1. The summed E-state index contributed by atoms with van der Waals surface area (Å²) in [6.07, 6.45) is -0.226. The molecule has 79 heavy (non-hydrogen) atoms. The van der Waals surface area contributed by atoms with E-state index in [1.54, 1.807) is 6.92 Å². The lowest BCUT2D eigenvalue weighted by Gasteiger charge is -2.46. The molecule has 2 aliphatic rings. The number of ether oxygens (including phenoxy) is 8. The Morgan fingerprint density at radius 3 is 1.46 bits per heavy atom.